The minimum atomic E-state index is -0.597. The molecule has 0 bridgehead atoms. The maximum Gasteiger partial charge on any atom is 0.240 e. The van der Waals surface area contributed by atoms with E-state index in [0.717, 1.165) is 19.3 Å². The van der Waals surface area contributed by atoms with Gasteiger partial charge in [-0.3, -0.25) is 9.59 Å². The molecule has 0 spiro atoms. The van der Waals surface area contributed by atoms with Crippen LogP contribution in [0.3, 0.4) is 0 Å². The van der Waals surface area contributed by atoms with E-state index in [1.807, 2.05) is 13.8 Å². The molecule has 2 amide bonds. The summed E-state index contributed by atoms with van der Waals surface area (Å²) in [4.78, 5) is 23.0. The lowest BCUT2D eigenvalue weighted by atomic mass is 9.99. The lowest BCUT2D eigenvalue weighted by Crippen LogP contribution is -2.51. The number of carbonyl (C=O) groups excluding carboxylic acids is 2. The molecular formula is C11H21N3O2. The van der Waals surface area contributed by atoms with Crippen LogP contribution in [-0.2, 0) is 9.59 Å². The van der Waals surface area contributed by atoms with Crippen LogP contribution in [0.2, 0.25) is 0 Å². The van der Waals surface area contributed by atoms with Crippen molar-refractivity contribution in [3.8, 4) is 0 Å². The molecule has 92 valence electrons. The maximum atomic E-state index is 11.9. The van der Waals surface area contributed by atoms with Gasteiger partial charge in [0.2, 0.25) is 11.8 Å². The molecule has 5 nitrogen and oxygen atoms in total. The van der Waals surface area contributed by atoms with Crippen LogP contribution in [0.25, 0.3) is 0 Å². The van der Waals surface area contributed by atoms with Gasteiger partial charge in [0.05, 0.1) is 5.92 Å². The molecular weight excluding hydrogens is 206 g/mol. The van der Waals surface area contributed by atoms with E-state index in [0.29, 0.717) is 0 Å². The van der Waals surface area contributed by atoms with Crippen molar-refractivity contribution in [2.45, 2.75) is 45.2 Å². The van der Waals surface area contributed by atoms with Crippen LogP contribution < -0.4 is 16.8 Å². The molecule has 1 saturated carbocycles. The number of hydrogen-bond acceptors (Lipinski definition) is 3. The van der Waals surface area contributed by atoms with Crippen molar-refractivity contribution in [1.29, 1.82) is 0 Å². The van der Waals surface area contributed by atoms with Gasteiger partial charge < -0.3 is 16.8 Å². The van der Waals surface area contributed by atoms with Crippen molar-refractivity contribution in [1.82, 2.24) is 5.32 Å². The zero-order valence-corrected chi connectivity index (χ0v) is 9.90. The van der Waals surface area contributed by atoms with Gasteiger partial charge in [-0.2, -0.15) is 0 Å². The molecule has 3 unspecified atom stereocenters. The van der Waals surface area contributed by atoms with Crippen molar-refractivity contribution < 1.29 is 9.59 Å². The molecule has 1 aliphatic carbocycles. The monoisotopic (exact) mass is 227 g/mol. The molecule has 1 fully saturated rings. The summed E-state index contributed by atoms with van der Waals surface area (Å²) in [6.07, 6.45) is 2.65. The Morgan fingerprint density at radius 2 is 1.94 bits per heavy atom. The molecule has 16 heavy (non-hydrogen) atoms. The van der Waals surface area contributed by atoms with E-state index in [9.17, 15) is 9.59 Å². The SMILES string of the molecule is CC(C)C(NC(=O)C1CCCC1N)C(N)=O. The van der Waals surface area contributed by atoms with Gasteiger partial charge in [-0.1, -0.05) is 20.3 Å². The van der Waals surface area contributed by atoms with Gasteiger partial charge in [0.1, 0.15) is 6.04 Å². The predicted octanol–water partition coefficient (Wildman–Crippen LogP) is -0.260. The molecule has 0 heterocycles. The van der Waals surface area contributed by atoms with E-state index in [2.05, 4.69) is 5.32 Å². The second-order valence-corrected chi connectivity index (χ2v) is 4.83. The highest BCUT2D eigenvalue weighted by Gasteiger charge is 2.32. The van der Waals surface area contributed by atoms with Crippen LogP contribution in [0, 0.1) is 11.8 Å². The Labute approximate surface area is 95.9 Å². The lowest BCUT2D eigenvalue weighted by molar-refractivity contribution is -0.130. The fourth-order valence-electron chi connectivity index (χ4n) is 2.14. The fraction of sp³-hybridized carbons (Fsp3) is 0.818. The highest BCUT2D eigenvalue weighted by atomic mass is 16.2. The second-order valence-electron chi connectivity index (χ2n) is 4.83. The van der Waals surface area contributed by atoms with Crippen molar-refractivity contribution in [2.75, 3.05) is 0 Å². The Balaban J connectivity index is 2.58. The third-order valence-corrected chi connectivity index (χ3v) is 3.18. The molecule has 0 aromatic carbocycles. The van der Waals surface area contributed by atoms with Crippen LogP contribution in [0.5, 0.6) is 0 Å². The number of amides is 2. The third-order valence-electron chi connectivity index (χ3n) is 3.18. The molecule has 5 heteroatoms. The van der Waals surface area contributed by atoms with Crippen LogP contribution in [0.1, 0.15) is 33.1 Å². The Kier molecular flexibility index (Phi) is 4.29. The Morgan fingerprint density at radius 1 is 1.31 bits per heavy atom. The molecule has 0 saturated heterocycles. The topological polar surface area (TPSA) is 98.2 Å². The summed E-state index contributed by atoms with van der Waals surface area (Å²) in [6.45, 7) is 3.70. The highest BCUT2D eigenvalue weighted by molar-refractivity contribution is 5.88. The number of carbonyl (C=O) groups is 2. The standard InChI is InChI=1S/C11H21N3O2/c1-6(2)9(10(13)15)14-11(16)7-4-3-5-8(7)12/h6-9H,3-5,12H2,1-2H3,(H2,13,15)(H,14,16). The van der Waals surface area contributed by atoms with E-state index in [1.165, 1.54) is 0 Å². The highest BCUT2D eigenvalue weighted by Crippen LogP contribution is 2.24. The summed E-state index contributed by atoms with van der Waals surface area (Å²) in [7, 11) is 0. The summed E-state index contributed by atoms with van der Waals surface area (Å²) in [5, 5.41) is 2.69. The van der Waals surface area contributed by atoms with Crippen molar-refractivity contribution >= 4 is 11.8 Å². The molecule has 0 radical (unpaired) electrons. The molecule has 5 N–H and O–H groups in total. The van der Waals surface area contributed by atoms with Gasteiger partial charge in [0, 0.05) is 6.04 Å². The van der Waals surface area contributed by atoms with Gasteiger partial charge >= 0.3 is 0 Å². The number of primary amides is 1. The van der Waals surface area contributed by atoms with Gasteiger partial charge in [-0.15, -0.1) is 0 Å². The minimum Gasteiger partial charge on any atom is -0.368 e. The largest absolute Gasteiger partial charge is 0.368 e. The molecule has 0 aliphatic heterocycles. The quantitative estimate of drug-likeness (QED) is 0.617. The summed E-state index contributed by atoms with van der Waals surface area (Å²) in [5.74, 6) is -0.794. The van der Waals surface area contributed by atoms with Crippen molar-refractivity contribution in [3.05, 3.63) is 0 Å². The van der Waals surface area contributed by atoms with Gasteiger partial charge in [0.15, 0.2) is 0 Å². The second kappa shape index (κ2) is 5.30. The van der Waals surface area contributed by atoms with E-state index in [-0.39, 0.29) is 23.8 Å². The lowest BCUT2D eigenvalue weighted by Gasteiger charge is -2.22. The number of hydrogen-bond donors (Lipinski definition) is 3. The predicted molar refractivity (Wildman–Crippen MR) is 61.3 cm³/mol. The zero-order chi connectivity index (χ0) is 12.3. The Morgan fingerprint density at radius 3 is 2.31 bits per heavy atom. The smallest absolute Gasteiger partial charge is 0.240 e. The first-order chi connectivity index (χ1) is 7.43. The first kappa shape index (κ1) is 13.0. The van der Waals surface area contributed by atoms with E-state index >= 15 is 0 Å². The summed E-state index contributed by atoms with van der Waals surface area (Å²) >= 11 is 0. The van der Waals surface area contributed by atoms with Crippen LogP contribution >= 0.6 is 0 Å². The third kappa shape index (κ3) is 2.95. The van der Waals surface area contributed by atoms with Gasteiger partial charge in [0.25, 0.3) is 0 Å². The molecule has 1 aliphatic rings. The van der Waals surface area contributed by atoms with Crippen LogP contribution in [0.4, 0.5) is 0 Å². The molecule has 1 rings (SSSR count). The van der Waals surface area contributed by atoms with E-state index in [1.54, 1.807) is 0 Å². The number of rotatable bonds is 4. The Hall–Kier alpha value is -1.10. The van der Waals surface area contributed by atoms with Gasteiger partial charge in [-0.25, -0.2) is 0 Å². The van der Waals surface area contributed by atoms with E-state index in [4.69, 9.17) is 11.5 Å². The average Bonchev–Trinajstić information content (AvgIpc) is 2.59. The maximum absolute atomic E-state index is 11.9. The minimum absolute atomic E-state index is 0.000854. The summed E-state index contributed by atoms with van der Waals surface area (Å²) in [5.41, 5.74) is 11.1. The molecule has 0 aromatic rings. The molecule has 0 aromatic heterocycles. The van der Waals surface area contributed by atoms with Crippen molar-refractivity contribution in [3.63, 3.8) is 0 Å². The first-order valence-electron chi connectivity index (χ1n) is 5.78. The van der Waals surface area contributed by atoms with Crippen molar-refractivity contribution in [2.24, 2.45) is 23.3 Å². The van der Waals surface area contributed by atoms with Crippen LogP contribution in [0.15, 0.2) is 0 Å². The molecule has 3 atom stereocenters. The van der Waals surface area contributed by atoms with E-state index < -0.39 is 11.9 Å². The van der Waals surface area contributed by atoms with Crippen LogP contribution in [-0.4, -0.2) is 23.9 Å². The fourth-order valence-corrected chi connectivity index (χ4v) is 2.14. The first-order valence-corrected chi connectivity index (χ1v) is 5.78. The summed E-state index contributed by atoms with van der Waals surface area (Å²) < 4.78 is 0. The zero-order valence-electron chi connectivity index (χ0n) is 9.90. The van der Waals surface area contributed by atoms with Gasteiger partial charge in [-0.05, 0) is 18.8 Å². The average molecular weight is 227 g/mol. The summed E-state index contributed by atoms with van der Waals surface area (Å²) in [6, 6.07) is -0.680. The Bertz CT molecular complexity index is 278. The number of nitrogens with one attached hydrogen (secondary N) is 1. The normalized spacial score (nSPS) is 26.8. The number of nitrogens with two attached hydrogens (primary N) is 2.